The van der Waals surface area contributed by atoms with Crippen molar-refractivity contribution in [2.75, 3.05) is 5.32 Å². The van der Waals surface area contributed by atoms with Crippen molar-refractivity contribution < 1.29 is 14.8 Å². The molecule has 1 aromatic rings. The Kier molecular flexibility index (Phi) is 4.65. The lowest BCUT2D eigenvalue weighted by molar-refractivity contribution is -0.385. The third kappa shape index (κ3) is 3.73. The second kappa shape index (κ2) is 6.00. The molecule has 0 aromatic heterocycles. The van der Waals surface area contributed by atoms with Crippen LogP contribution in [-0.2, 0) is 4.79 Å². The van der Waals surface area contributed by atoms with Crippen LogP contribution in [0, 0.1) is 17.0 Å². The lowest BCUT2D eigenvalue weighted by Gasteiger charge is -2.16. The smallest absolute Gasteiger partial charge is 0.303 e. The highest BCUT2D eigenvalue weighted by Gasteiger charge is 2.14. The van der Waals surface area contributed by atoms with E-state index in [1.54, 1.807) is 19.1 Å². The van der Waals surface area contributed by atoms with E-state index in [4.69, 9.17) is 5.11 Å². The standard InChI is InChI=1S/C12H16N2O4/c1-8(6-7-12(15)16)13-10-4-3-5-11(9(10)2)14(17)18/h3-5,8,13H,6-7H2,1-2H3,(H,15,16). The van der Waals surface area contributed by atoms with Crippen LogP contribution >= 0.6 is 0 Å². The van der Waals surface area contributed by atoms with E-state index in [2.05, 4.69) is 5.32 Å². The van der Waals surface area contributed by atoms with Gasteiger partial charge in [0.15, 0.2) is 0 Å². The molecule has 0 saturated carbocycles. The summed E-state index contributed by atoms with van der Waals surface area (Å²) < 4.78 is 0. The predicted octanol–water partition coefficient (Wildman–Crippen LogP) is 2.57. The largest absolute Gasteiger partial charge is 0.481 e. The Morgan fingerprint density at radius 2 is 2.22 bits per heavy atom. The van der Waals surface area contributed by atoms with Crippen molar-refractivity contribution in [3.63, 3.8) is 0 Å². The maximum Gasteiger partial charge on any atom is 0.303 e. The van der Waals surface area contributed by atoms with E-state index in [0.717, 1.165) is 0 Å². The van der Waals surface area contributed by atoms with Crippen molar-refractivity contribution in [2.24, 2.45) is 0 Å². The Morgan fingerprint density at radius 1 is 1.56 bits per heavy atom. The summed E-state index contributed by atoms with van der Waals surface area (Å²) in [5.74, 6) is -0.848. The Labute approximate surface area is 105 Å². The fraction of sp³-hybridized carbons (Fsp3) is 0.417. The molecule has 6 heteroatoms. The zero-order valence-corrected chi connectivity index (χ0v) is 10.3. The van der Waals surface area contributed by atoms with Gasteiger partial charge in [-0.1, -0.05) is 6.07 Å². The number of nitro groups is 1. The summed E-state index contributed by atoms with van der Waals surface area (Å²) in [6.45, 7) is 3.52. The van der Waals surface area contributed by atoms with Gasteiger partial charge in [-0.2, -0.15) is 0 Å². The number of carboxylic acids is 1. The summed E-state index contributed by atoms with van der Waals surface area (Å²) in [5.41, 5.74) is 1.29. The average Bonchev–Trinajstić information content (AvgIpc) is 2.29. The predicted molar refractivity (Wildman–Crippen MR) is 67.8 cm³/mol. The van der Waals surface area contributed by atoms with E-state index in [9.17, 15) is 14.9 Å². The second-order valence-corrected chi connectivity index (χ2v) is 4.18. The quantitative estimate of drug-likeness (QED) is 0.599. The van der Waals surface area contributed by atoms with Crippen molar-refractivity contribution in [3.05, 3.63) is 33.9 Å². The monoisotopic (exact) mass is 252 g/mol. The molecule has 0 radical (unpaired) electrons. The van der Waals surface area contributed by atoms with E-state index in [1.807, 2.05) is 6.92 Å². The number of anilines is 1. The van der Waals surface area contributed by atoms with Gasteiger partial charge in [0, 0.05) is 29.8 Å². The number of hydrogen-bond acceptors (Lipinski definition) is 4. The summed E-state index contributed by atoms with van der Waals surface area (Å²) in [5, 5.41) is 22.5. The van der Waals surface area contributed by atoms with Gasteiger partial charge in [-0.05, 0) is 26.3 Å². The number of hydrogen-bond donors (Lipinski definition) is 2. The molecule has 6 nitrogen and oxygen atoms in total. The molecule has 1 aromatic carbocycles. The SMILES string of the molecule is Cc1c(NC(C)CCC(=O)O)cccc1[N+](=O)[O-]. The molecule has 0 aliphatic rings. The van der Waals surface area contributed by atoms with Gasteiger partial charge in [0.25, 0.3) is 5.69 Å². The average molecular weight is 252 g/mol. The summed E-state index contributed by atoms with van der Waals surface area (Å²) in [7, 11) is 0. The van der Waals surface area contributed by atoms with Crippen molar-refractivity contribution >= 4 is 17.3 Å². The molecular formula is C12H16N2O4. The van der Waals surface area contributed by atoms with Crippen LogP contribution in [0.4, 0.5) is 11.4 Å². The molecule has 0 aliphatic carbocycles. The number of nitrogens with zero attached hydrogens (tertiary/aromatic N) is 1. The molecule has 0 aliphatic heterocycles. The van der Waals surface area contributed by atoms with E-state index < -0.39 is 10.9 Å². The minimum Gasteiger partial charge on any atom is -0.481 e. The molecule has 0 saturated heterocycles. The van der Waals surface area contributed by atoms with Gasteiger partial charge in [-0.25, -0.2) is 0 Å². The highest BCUT2D eigenvalue weighted by molar-refractivity contribution is 5.67. The topological polar surface area (TPSA) is 92.5 Å². The minimum absolute atomic E-state index is 0.0539. The fourth-order valence-corrected chi connectivity index (χ4v) is 1.66. The van der Waals surface area contributed by atoms with Crippen LogP contribution in [0.5, 0.6) is 0 Å². The molecule has 0 bridgehead atoms. The first-order valence-electron chi connectivity index (χ1n) is 5.64. The first-order valence-corrected chi connectivity index (χ1v) is 5.64. The molecular weight excluding hydrogens is 236 g/mol. The fourth-order valence-electron chi connectivity index (χ4n) is 1.66. The van der Waals surface area contributed by atoms with Gasteiger partial charge in [0.05, 0.1) is 4.92 Å². The third-order valence-electron chi connectivity index (χ3n) is 2.70. The first-order chi connectivity index (χ1) is 8.41. The van der Waals surface area contributed by atoms with Gasteiger partial charge in [0.1, 0.15) is 0 Å². The van der Waals surface area contributed by atoms with Crippen molar-refractivity contribution in [1.82, 2.24) is 0 Å². The Balaban J connectivity index is 2.75. The van der Waals surface area contributed by atoms with Crippen molar-refractivity contribution in [2.45, 2.75) is 32.7 Å². The number of nitro benzene ring substituents is 1. The van der Waals surface area contributed by atoms with Crippen LogP contribution in [0.1, 0.15) is 25.3 Å². The van der Waals surface area contributed by atoms with Gasteiger partial charge in [-0.3, -0.25) is 14.9 Å². The molecule has 0 heterocycles. The van der Waals surface area contributed by atoms with Crippen LogP contribution in [0.15, 0.2) is 18.2 Å². The second-order valence-electron chi connectivity index (χ2n) is 4.18. The number of carboxylic acid groups (broad SMARTS) is 1. The van der Waals surface area contributed by atoms with Gasteiger partial charge in [-0.15, -0.1) is 0 Å². The highest BCUT2D eigenvalue weighted by Crippen LogP contribution is 2.25. The zero-order chi connectivity index (χ0) is 13.7. The van der Waals surface area contributed by atoms with Crippen LogP contribution in [0.2, 0.25) is 0 Å². The van der Waals surface area contributed by atoms with Gasteiger partial charge in [0.2, 0.25) is 0 Å². The molecule has 2 N–H and O–H groups in total. The maximum atomic E-state index is 10.8. The molecule has 1 unspecified atom stereocenters. The summed E-state index contributed by atoms with van der Waals surface area (Å²) in [6, 6.07) is 4.75. The Morgan fingerprint density at radius 3 is 2.78 bits per heavy atom. The molecule has 0 spiro atoms. The lowest BCUT2D eigenvalue weighted by Crippen LogP contribution is -2.17. The number of aliphatic carboxylic acids is 1. The lowest BCUT2D eigenvalue weighted by atomic mass is 10.1. The number of rotatable bonds is 6. The molecule has 18 heavy (non-hydrogen) atoms. The molecule has 0 amide bonds. The van der Waals surface area contributed by atoms with E-state index in [1.165, 1.54) is 6.07 Å². The van der Waals surface area contributed by atoms with Crippen LogP contribution < -0.4 is 5.32 Å². The van der Waals surface area contributed by atoms with Crippen molar-refractivity contribution in [1.29, 1.82) is 0 Å². The minimum atomic E-state index is -0.848. The number of benzene rings is 1. The molecule has 1 rings (SSSR count). The maximum absolute atomic E-state index is 10.8. The van der Waals surface area contributed by atoms with E-state index in [0.29, 0.717) is 17.7 Å². The highest BCUT2D eigenvalue weighted by atomic mass is 16.6. The Hall–Kier alpha value is -2.11. The third-order valence-corrected chi connectivity index (χ3v) is 2.70. The molecule has 98 valence electrons. The van der Waals surface area contributed by atoms with Gasteiger partial charge < -0.3 is 10.4 Å². The molecule has 1 atom stereocenters. The van der Waals surface area contributed by atoms with Crippen LogP contribution in [0.3, 0.4) is 0 Å². The zero-order valence-electron chi connectivity index (χ0n) is 10.3. The van der Waals surface area contributed by atoms with Crippen molar-refractivity contribution in [3.8, 4) is 0 Å². The van der Waals surface area contributed by atoms with Crippen LogP contribution in [0.25, 0.3) is 0 Å². The Bertz CT molecular complexity index is 459. The summed E-state index contributed by atoms with van der Waals surface area (Å²) in [6.07, 6.45) is 0.541. The summed E-state index contributed by atoms with van der Waals surface area (Å²) in [4.78, 5) is 20.8. The van der Waals surface area contributed by atoms with Crippen LogP contribution in [-0.4, -0.2) is 22.0 Å². The number of carbonyl (C=O) groups is 1. The van der Waals surface area contributed by atoms with E-state index >= 15 is 0 Å². The van der Waals surface area contributed by atoms with Gasteiger partial charge >= 0.3 is 5.97 Å². The van der Waals surface area contributed by atoms with E-state index in [-0.39, 0.29) is 18.2 Å². The summed E-state index contributed by atoms with van der Waals surface area (Å²) >= 11 is 0. The normalized spacial score (nSPS) is 11.9. The molecule has 0 fully saturated rings. The number of nitrogens with one attached hydrogen (secondary N) is 1. The first kappa shape index (κ1) is 14.0.